The Morgan fingerprint density at radius 1 is 1.31 bits per heavy atom. The molecule has 1 heterocycles. The van der Waals surface area contributed by atoms with Gasteiger partial charge in [-0.25, -0.2) is 9.78 Å². The number of aromatic nitrogens is 1. The smallest absolute Gasteiger partial charge is 0.362 e. The van der Waals surface area contributed by atoms with E-state index in [2.05, 4.69) is 31.1 Å². The molecule has 1 N–H and O–H groups in total. The van der Waals surface area contributed by atoms with Crippen LogP contribution in [0, 0.1) is 13.8 Å². The lowest BCUT2D eigenvalue weighted by Gasteiger charge is -2.09. The van der Waals surface area contributed by atoms with Gasteiger partial charge in [-0.2, -0.15) is 5.11 Å². The zero-order valence-electron chi connectivity index (χ0n) is 14.5. The Labute approximate surface area is 164 Å². The highest BCUT2D eigenvalue weighted by atomic mass is 79.9. The van der Waals surface area contributed by atoms with E-state index in [0.717, 1.165) is 5.56 Å². The highest BCUT2D eigenvalue weighted by Crippen LogP contribution is 2.27. The summed E-state index contributed by atoms with van der Waals surface area (Å²) in [6.07, 6.45) is 0. The van der Waals surface area contributed by atoms with Gasteiger partial charge in [-0.05, 0) is 72.6 Å². The Morgan fingerprint density at radius 2 is 1.96 bits per heavy atom. The first-order valence-electron chi connectivity index (χ1n) is 7.75. The summed E-state index contributed by atoms with van der Waals surface area (Å²) < 4.78 is 5.50. The molecule has 26 heavy (non-hydrogen) atoms. The summed E-state index contributed by atoms with van der Waals surface area (Å²) in [6, 6.07) is 8.36. The molecule has 0 aliphatic rings. The van der Waals surface area contributed by atoms with Gasteiger partial charge in [-0.3, -0.25) is 0 Å². The molecular weight excluding hydrogens is 422 g/mol. The van der Waals surface area contributed by atoms with Gasteiger partial charge < -0.3 is 9.84 Å². The molecule has 0 saturated carbocycles. The molecule has 2 aromatic rings. The molecule has 0 amide bonds. The average molecular weight is 439 g/mol. The second kappa shape index (κ2) is 8.91. The normalized spacial score (nSPS) is 12.2. The summed E-state index contributed by atoms with van der Waals surface area (Å²) in [5, 5.41) is 19.0. The van der Waals surface area contributed by atoms with E-state index in [1.165, 1.54) is 0 Å². The number of aryl methyl sites for hydroxylation is 2. The Bertz CT molecular complexity index is 880. The number of benzene rings is 1. The van der Waals surface area contributed by atoms with Crippen LogP contribution in [0.15, 0.2) is 50.7 Å². The fraction of sp³-hybridized carbons (Fsp3) is 0.222. The highest BCUT2D eigenvalue weighted by molar-refractivity contribution is 9.10. The number of pyridine rings is 1. The van der Waals surface area contributed by atoms with Gasteiger partial charge >= 0.3 is 5.97 Å². The molecular formula is C18H17BrClN3O3. The minimum absolute atomic E-state index is 0.133. The molecule has 0 bridgehead atoms. The second-order valence-corrected chi connectivity index (χ2v) is 6.61. The number of carbonyl (C=O) groups excluding carboxylic acids is 1. The van der Waals surface area contributed by atoms with E-state index >= 15 is 0 Å². The van der Waals surface area contributed by atoms with Gasteiger partial charge in [-0.15, -0.1) is 5.11 Å². The largest absolute Gasteiger partial charge is 0.504 e. The molecule has 136 valence electrons. The van der Waals surface area contributed by atoms with Crippen molar-refractivity contribution in [3.63, 3.8) is 0 Å². The first-order valence-corrected chi connectivity index (χ1v) is 8.92. The van der Waals surface area contributed by atoms with E-state index in [0.29, 0.717) is 20.9 Å². The third kappa shape index (κ3) is 4.89. The molecule has 0 spiro atoms. The van der Waals surface area contributed by atoms with Gasteiger partial charge in [0.1, 0.15) is 5.69 Å². The molecule has 0 fully saturated rings. The number of hydrogen-bond acceptors (Lipinski definition) is 6. The summed E-state index contributed by atoms with van der Waals surface area (Å²) in [6.45, 7) is 5.49. The van der Waals surface area contributed by atoms with Crippen LogP contribution in [0.2, 0.25) is 5.02 Å². The quantitative estimate of drug-likeness (QED) is 0.281. The fourth-order valence-electron chi connectivity index (χ4n) is 1.95. The molecule has 0 atom stereocenters. The SMILES string of the molecule is CCOC(=O)/C(N=Nc1ccc(Cl)cc1)=C(\O)c1nc(C)c(C)cc1Br. The van der Waals surface area contributed by atoms with E-state index in [-0.39, 0.29) is 18.0 Å². The van der Waals surface area contributed by atoms with E-state index in [4.69, 9.17) is 16.3 Å². The molecule has 1 aromatic heterocycles. The Kier molecular flexibility index (Phi) is 6.88. The number of azo groups is 1. The highest BCUT2D eigenvalue weighted by Gasteiger charge is 2.21. The summed E-state index contributed by atoms with van der Waals surface area (Å²) in [5.74, 6) is -1.22. The van der Waals surface area contributed by atoms with Crippen LogP contribution in [0.4, 0.5) is 5.69 Å². The van der Waals surface area contributed by atoms with Gasteiger partial charge in [0.2, 0.25) is 5.70 Å². The standard InChI is InChI=1S/C18H17BrClN3O3/c1-4-26-18(25)16(23-22-13-7-5-12(20)6-8-13)17(24)15-14(19)9-10(2)11(3)21-15/h5-9,24H,4H2,1-3H3/b17-16+,23-22?. The molecule has 8 heteroatoms. The van der Waals surface area contributed by atoms with Crippen molar-refractivity contribution in [1.29, 1.82) is 0 Å². The number of hydrogen-bond donors (Lipinski definition) is 1. The van der Waals surface area contributed by atoms with Crippen molar-refractivity contribution >= 4 is 44.9 Å². The van der Waals surface area contributed by atoms with Crippen molar-refractivity contribution in [2.75, 3.05) is 6.61 Å². The number of aliphatic hydroxyl groups excluding tert-OH is 1. The van der Waals surface area contributed by atoms with Crippen molar-refractivity contribution in [3.8, 4) is 0 Å². The third-order valence-corrected chi connectivity index (χ3v) is 4.29. The summed E-state index contributed by atoms with van der Waals surface area (Å²) in [4.78, 5) is 16.6. The van der Waals surface area contributed by atoms with Gasteiger partial charge in [0.05, 0.1) is 12.3 Å². The molecule has 0 aliphatic heterocycles. The predicted molar refractivity (Wildman–Crippen MR) is 104 cm³/mol. The van der Waals surface area contributed by atoms with Crippen molar-refractivity contribution in [2.45, 2.75) is 20.8 Å². The molecule has 2 rings (SSSR count). The van der Waals surface area contributed by atoms with Gasteiger partial charge in [0.15, 0.2) is 5.76 Å². The minimum Gasteiger partial charge on any atom is -0.504 e. The van der Waals surface area contributed by atoms with Crippen LogP contribution in [0.3, 0.4) is 0 Å². The summed E-state index contributed by atoms with van der Waals surface area (Å²) in [5.41, 5.74) is 1.97. The van der Waals surface area contributed by atoms with Crippen molar-refractivity contribution < 1.29 is 14.6 Å². The topological polar surface area (TPSA) is 84.1 Å². The number of halogens is 2. The van der Waals surface area contributed by atoms with Crippen LogP contribution < -0.4 is 0 Å². The molecule has 6 nitrogen and oxygen atoms in total. The Balaban J connectivity index is 2.52. The van der Waals surface area contributed by atoms with Crippen LogP contribution in [0.25, 0.3) is 5.76 Å². The third-order valence-electron chi connectivity index (χ3n) is 3.43. The Morgan fingerprint density at radius 3 is 2.58 bits per heavy atom. The maximum atomic E-state index is 12.2. The van der Waals surface area contributed by atoms with Crippen LogP contribution in [0.1, 0.15) is 23.9 Å². The number of carbonyl (C=O) groups is 1. The first kappa shape index (κ1) is 20.1. The monoisotopic (exact) mass is 437 g/mol. The van der Waals surface area contributed by atoms with E-state index in [1.54, 1.807) is 44.2 Å². The van der Waals surface area contributed by atoms with Crippen LogP contribution in [0.5, 0.6) is 0 Å². The Hall–Kier alpha value is -2.25. The zero-order chi connectivity index (χ0) is 19.3. The molecule has 0 radical (unpaired) electrons. The lowest BCUT2D eigenvalue weighted by Crippen LogP contribution is -2.09. The lowest BCUT2D eigenvalue weighted by molar-refractivity contribution is -0.138. The first-order chi connectivity index (χ1) is 12.3. The lowest BCUT2D eigenvalue weighted by atomic mass is 10.2. The van der Waals surface area contributed by atoms with Gasteiger partial charge in [0, 0.05) is 15.2 Å². The molecule has 0 aliphatic carbocycles. The van der Waals surface area contributed by atoms with Crippen molar-refractivity contribution in [1.82, 2.24) is 4.98 Å². The van der Waals surface area contributed by atoms with Crippen LogP contribution >= 0.6 is 27.5 Å². The molecule has 0 saturated heterocycles. The fourth-order valence-corrected chi connectivity index (χ4v) is 2.70. The second-order valence-electron chi connectivity index (χ2n) is 5.32. The predicted octanol–water partition coefficient (Wildman–Crippen LogP) is 5.69. The van der Waals surface area contributed by atoms with Gasteiger partial charge in [0.25, 0.3) is 0 Å². The van der Waals surface area contributed by atoms with Crippen molar-refractivity contribution in [3.05, 3.63) is 62.5 Å². The molecule has 1 aromatic carbocycles. The number of nitrogens with zero attached hydrogens (tertiary/aromatic N) is 3. The maximum absolute atomic E-state index is 12.2. The number of aliphatic hydroxyl groups is 1. The number of esters is 1. The number of ether oxygens (including phenoxy) is 1. The average Bonchev–Trinajstić information content (AvgIpc) is 2.60. The van der Waals surface area contributed by atoms with E-state index < -0.39 is 11.7 Å². The van der Waals surface area contributed by atoms with Crippen LogP contribution in [-0.4, -0.2) is 22.7 Å². The zero-order valence-corrected chi connectivity index (χ0v) is 16.8. The van der Waals surface area contributed by atoms with E-state index in [1.807, 2.05) is 6.92 Å². The molecule has 0 unspecified atom stereocenters. The maximum Gasteiger partial charge on any atom is 0.362 e. The number of rotatable bonds is 5. The van der Waals surface area contributed by atoms with Crippen LogP contribution in [-0.2, 0) is 9.53 Å². The van der Waals surface area contributed by atoms with Crippen molar-refractivity contribution in [2.24, 2.45) is 10.2 Å². The summed E-state index contributed by atoms with van der Waals surface area (Å²) in [7, 11) is 0. The minimum atomic E-state index is -0.797. The van der Waals surface area contributed by atoms with Gasteiger partial charge in [-0.1, -0.05) is 11.6 Å². The summed E-state index contributed by atoms with van der Waals surface area (Å²) >= 11 is 9.18. The van der Waals surface area contributed by atoms with E-state index in [9.17, 15) is 9.90 Å².